The van der Waals surface area contributed by atoms with Gasteiger partial charge in [-0.25, -0.2) is 8.42 Å². The molecule has 0 spiro atoms. The molecule has 6 nitrogen and oxygen atoms in total. The van der Waals surface area contributed by atoms with Crippen LogP contribution in [0.3, 0.4) is 0 Å². The van der Waals surface area contributed by atoms with Gasteiger partial charge in [-0.15, -0.1) is 0 Å². The van der Waals surface area contributed by atoms with E-state index in [1.165, 1.54) is 0 Å². The summed E-state index contributed by atoms with van der Waals surface area (Å²) in [6.45, 7) is 3.55. The van der Waals surface area contributed by atoms with Gasteiger partial charge in [-0.2, -0.15) is 0 Å². The SMILES string of the molecule is CCOC(=O)C(C(=O)OCC)[C@H]1CCS(=O)(=O)C1. The van der Waals surface area contributed by atoms with Crippen molar-refractivity contribution in [2.45, 2.75) is 20.3 Å². The van der Waals surface area contributed by atoms with E-state index in [-0.39, 0.29) is 24.7 Å². The number of sulfone groups is 1. The Labute approximate surface area is 107 Å². The van der Waals surface area contributed by atoms with Gasteiger partial charge < -0.3 is 9.47 Å². The van der Waals surface area contributed by atoms with E-state index in [0.717, 1.165) is 0 Å². The van der Waals surface area contributed by atoms with Crippen LogP contribution in [-0.2, 0) is 28.9 Å². The Bertz CT molecular complexity index is 395. The fraction of sp³-hybridized carbons (Fsp3) is 0.818. The molecule has 0 aromatic rings. The molecule has 0 N–H and O–H groups in total. The highest BCUT2D eigenvalue weighted by atomic mass is 32.2. The first-order valence-corrected chi connectivity index (χ1v) is 7.77. The van der Waals surface area contributed by atoms with Gasteiger partial charge in [0, 0.05) is 0 Å². The van der Waals surface area contributed by atoms with Gasteiger partial charge in [0.1, 0.15) is 0 Å². The minimum absolute atomic E-state index is 0.00692. The summed E-state index contributed by atoms with van der Waals surface area (Å²) in [6.07, 6.45) is 0.296. The highest BCUT2D eigenvalue weighted by molar-refractivity contribution is 7.91. The maximum absolute atomic E-state index is 11.7. The molecular weight excluding hydrogens is 260 g/mol. The average molecular weight is 278 g/mol. The molecule has 1 atom stereocenters. The van der Waals surface area contributed by atoms with Gasteiger partial charge in [-0.1, -0.05) is 0 Å². The average Bonchev–Trinajstić information content (AvgIpc) is 2.59. The monoisotopic (exact) mass is 278 g/mol. The van der Waals surface area contributed by atoms with Crippen LogP contribution < -0.4 is 0 Å². The largest absolute Gasteiger partial charge is 0.465 e. The van der Waals surface area contributed by atoms with Gasteiger partial charge in [0.25, 0.3) is 0 Å². The maximum Gasteiger partial charge on any atom is 0.320 e. The highest BCUT2D eigenvalue weighted by Crippen LogP contribution is 2.28. The van der Waals surface area contributed by atoms with Crippen molar-refractivity contribution < 1.29 is 27.5 Å². The van der Waals surface area contributed by atoms with Crippen molar-refractivity contribution >= 4 is 21.8 Å². The molecule has 1 aliphatic rings. The van der Waals surface area contributed by atoms with Gasteiger partial charge in [-0.3, -0.25) is 9.59 Å². The van der Waals surface area contributed by atoms with Crippen LogP contribution in [0.2, 0.25) is 0 Å². The number of carbonyl (C=O) groups excluding carboxylic acids is 2. The van der Waals surface area contributed by atoms with E-state index < -0.39 is 33.6 Å². The number of hydrogen-bond donors (Lipinski definition) is 0. The molecule has 0 aromatic carbocycles. The van der Waals surface area contributed by atoms with Crippen molar-refractivity contribution in [3.8, 4) is 0 Å². The lowest BCUT2D eigenvalue weighted by atomic mass is 9.92. The van der Waals surface area contributed by atoms with Crippen LogP contribution in [0.25, 0.3) is 0 Å². The normalized spacial score (nSPS) is 21.8. The minimum Gasteiger partial charge on any atom is -0.465 e. The number of ether oxygens (including phenoxy) is 2. The van der Waals surface area contributed by atoms with E-state index in [1.807, 2.05) is 0 Å². The molecule has 0 aromatic heterocycles. The third kappa shape index (κ3) is 3.69. The summed E-state index contributed by atoms with van der Waals surface area (Å²) in [4.78, 5) is 23.5. The molecule has 0 bridgehead atoms. The van der Waals surface area contributed by atoms with Gasteiger partial charge in [0.15, 0.2) is 15.8 Å². The van der Waals surface area contributed by atoms with Gasteiger partial charge in [-0.05, 0) is 26.2 Å². The molecule has 1 rings (SSSR count). The Morgan fingerprint density at radius 3 is 2.00 bits per heavy atom. The summed E-state index contributed by atoms with van der Waals surface area (Å²) in [5.74, 6) is -3.20. The molecule has 0 unspecified atom stereocenters. The highest BCUT2D eigenvalue weighted by Gasteiger charge is 2.43. The second-order valence-electron chi connectivity index (χ2n) is 4.14. The summed E-state index contributed by atoms with van der Waals surface area (Å²) in [7, 11) is -3.15. The molecule has 0 amide bonds. The summed E-state index contributed by atoms with van der Waals surface area (Å²) in [5, 5.41) is 0. The van der Waals surface area contributed by atoms with Crippen LogP contribution in [0.1, 0.15) is 20.3 Å². The standard InChI is InChI=1S/C11H18O6S/c1-3-16-10(12)9(11(13)17-4-2)8-5-6-18(14,15)7-8/h8-9H,3-7H2,1-2H3/t8-/m0/s1. The van der Waals surface area contributed by atoms with E-state index in [4.69, 9.17) is 9.47 Å². The molecule has 0 radical (unpaired) electrons. The first-order valence-electron chi connectivity index (χ1n) is 5.95. The Hall–Kier alpha value is -1.11. The lowest BCUT2D eigenvalue weighted by Gasteiger charge is -2.18. The van der Waals surface area contributed by atoms with Crippen LogP contribution in [0.5, 0.6) is 0 Å². The zero-order valence-corrected chi connectivity index (χ0v) is 11.4. The van der Waals surface area contributed by atoms with E-state index >= 15 is 0 Å². The zero-order chi connectivity index (χ0) is 13.8. The van der Waals surface area contributed by atoms with Gasteiger partial charge >= 0.3 is 11.9 Å². The van der Waals surface area contributed by atoms with Gasteiger partial charge in [0.05, 0.1) is 24.7 Å². The van der Waals surface area contributed by atoms with Crippen LogP contribution in [-0.4, -0.2) is 45.1 Å². The molecule has 0 aliphatic carbocycles. The molecule has 18 heavy (non-hydrogen) atoms. The molecule has 1 heterocycles. The fourth-order valence-electron chi connectivity index (χ4n) is 2.03. The molecule has 1 fully saturated rings. The summed E-state index contributed by atoms with van der Waals surface area (Å²) in [6, 6.07) is 0. The second-order valence-corrected chi connectivity index (χ2v) is 6.37. The third-order valence-corrected chi connectivity index (χ3v) is 4.61. The second kappa shape index (κ2) is 6.17. The van der Waals surface area contributed by atoms with Crippen molar-refractivity contribution in [3.63, 3.8) is 0 Å². The summed E-state index contributed by atoms with van der Waals surface area (Å²) < 4.78 is 32.4. The molecular formula is C11H18O6S. The molecule has 1 saturated heterocycles. The number of esters is 2. The minimum atomic E-state index is -3.15. The quantitative estimate of drug-likeness (QED) is 0.526. The van der Waals surface area contributed by atoms with E-state index in [1.54, 1.807) is 13.8 Å². The van der Waals surface area contributed by atoms with Gasteiger partial charge in [0.2, 0.25) is 0 Å². The Morgan fingerprint density at radius 2 is 1.67 bits per heavy atom. The van der Waals surface area contributed by atoms with E-state index in [2.05, 4.69) is 0 Å². The zero-order valence-electron chi connectivity index (χ0n) is 10.5. The lowest BCUT2D eigenvalue weighted by molar-refractivity contribution is -0.163. The summed E-state index contributed by atoms with van der Waals surface area (Å²) in [5.41, 5.74) is 0. The summed E-state index contributed by atoms with van der Waals surface area (Å²) >= 11 is 0. The first kappa shape index (κ1) is 14.9. The lowest BCUT2D eigenvalue weighted by Crippen LogP contribution is -2.35. The molecule has 104 valence electrons. The molecule has 7 heteroatoms. The molecule has 1 aliphatic heterocycles. The van der Waals surface area contributed by atoms with Crippen molar-refractivity contribution in [2.24, 2.45) is 11.8 Å². The predicted molar refractivity (Wildman–Crippen MR) is 63.5 cm³/mol. The topological polar surface area (TPSA) is 86.7 Å². The number of hydrogen-bond acceptors (Lipinski definition) is 6. The van der Waals surface area contributed by atoms with E-state index in [9.17, 15) is 18.0 Å². The van der Waals surface area contributed by atoms with Crippen LogP contribution >= 0.6 is 0 Å². The number of carbonyl (C=O) groups is 2. The Balaban J connectivity index is 2.84. The molecule has 0 saturated carbocycles. The third-order valence-electron chi connectivity index (χ3n) is 2.82. The predicted octanol–water partition coefficient (Wildman–Crippen LogP) is 0.164. The van der Waals surface area contributed by atoms with Crippen molar-refractivity contribution in [1.82, 2.24) is 0 Å². The van der Waals surface area contributed by atoms with Crippen molar-refractivity contribution in [3.05, 3.63) is 0 Å². The Morgan fingerprint density at radius 1 is 1.17 bits per heavy atom. The number of rotatable bonds is 5. The smallest absolute Gasteiger partial charge is 0.320 e. The Kier molecular flexibility index (Phi) is 5.13. The maximum atomic E-state index is 11.7. The first-order chi connectivity index (χ1) is 8.41. The fourth-order valence-corrected chi connectivity index (χ4v) is 3.87. The van der Waals surface area contributed by atoms with Crippen molar-refractivity contribution in [2.75, 3.05) is 24.7 Å². The van der Waals surface area contributed by atoms with E-state index in [0.29, 0.717) is 6.42 Å². The van der Waals surface area contributed by atoms with Crippen LogP contribution in [0.15, 0.2) is 0 Å². The van der Waals surface area contributed by atoms with Crippen molar-refractivity contribution in [1.29, 1.82) is 0 Å². The van der Waals surface area contributed by atoms with Crippen LogP contribution in [0, 0.1) is 11.8 Å². The van der Waals surface area contributed by atoms with Crippen LogP contribution in [0.4, 0.5) is 0 Å².